The van der Waals surface area contributed by atoms with Gasteiger partial charge in [0.25, 0.3) is 0 Å². The summed E-state index contributed by atoms with van der Waals surface area (Å²) in [5, 5.41) is 5.34. The van der Waals surface area contributed by atoms with Crippen LogP contribution in [0.2, 0.25) is 0 Å². The van der Waals surface area contributed by atoms with Crippen molar-refractivity contribution in [3.8, 4) is 0 Å². The Labute approximate surface area is 154 Å². The van der Waals surface area contributed by atoms with Gasteiger partial charge in [-0.25, -0.2) is 4.79 Å². The van der Waals surface area contributed by atoms with Crippen LogP contribution in [0.25, 0.3) is 0 Å². The maximum absolute atomic E-state index is 12.4. The lowest BCUT2D eigenvalue weighted by molar-refractivity contribution is -0.129. The van der Waals surface area contributed by atoms with Crippen LogP contribution in [0.3, 0.4) is 0 Å². The molecule has 0 aliphatic carbocycles. The van der Waals surface area contributed by atoms with Crippen molar-refractivity contribution in [3.63, 3.8) is 0 Å². The van der Waals surface area contributed by atoms with E-state index in [-0.39, 0.29) is 12.5 Å². The van der Waals surface area contributed by atoms with Crippen LogP contribution in [0.5, 0.6) is 0 Å². The van der Waals surface area contributed by atoms with Crippen molar-refractivity contribution in [2.45, 2.75) is 13.3 Å². The van der Waals surface area contributed by atoms with Crippen LogP contribution in [0.4, 0.5) is 10.5 Å². The lowest BCUT2D eigenvalue weighted by Gasteiger charge is -2.21. The number of carbonyl (C=O) groups excluding carboxylic acids is 2. The highest BCUT2D eigenvalue weighted by molar-refractivity contribution is 5.92. The molecule has 5 heteroatoms. The van der Waals surface area contributed by atoms with Gasteiger partial charge in [-0.05, 0) is 36.6 Å². The van der Waals surface area contributed by atoms with E-state index in [4.69, 9.17) is 0 Å². The molecule has 0 spiro atoms. The van der Waals surface area contributed by atoms with Crippen LogP contribution in [-0.4, -0.2) is 36.5 Å². The summed E-state index contributed by atoms with van der Waals surface area (Å²) in [5.41, 5.74) is 2.92. The molecule has 136 valence electrons. The molecular weight excluding hydrogens is 326 g/mol. The number of nitrogens with zero attached hydrogens (tertiary/aromatic N) is 1. The van der Waals surface area contributed by atoms with E-state index in [1.807, 2.05) is 55.5 Å². The molecule has 0 atom stereocenters. The molecule has 0 saturated carbocycles. The normalized spacial score (nSPS) is 10.0. The predicted octanol–water partition coefficient (Wildman–Crippen LogP) is 3.37. The summed E-state index contributed by atoms with van der Waals surface area (Å²) in [6.45, 7) is 6.63. The number of amides is 3. The number of hydrogen-bond acceptors (Lipinski definition) is 2. The molecule has 0 heterocycles. The lowest BCUT2D eigenvalue weighted by Crippen LogP contribution is -2.42. The summed E-state index contributed by atoms with van der Waals surface area (Å²) in [5.74, 6) is -0.139. The van der Waals surface area contributed by atoms with E-state index in [9.17, 15) is 9.59 Å². The van der Waals surface area contributed by atoms with Gasteiger partial charge in [0, 0.05) is 18.8 Å². The largest absolute Gasteiger partial charge is 0.337 e. The first kappa shape index (κ1) is 19.2. The zero-order chi connectivity index (χ0) is 18.8. The second-order valence-electron chi connectivity index (χ2n) is 6.04. The smallest absolute Gasteiger partial charge is 0.319 e. The van der Waals surface area contributed by atoms with Crippen LogP contribution in [0.15, 0.2) is 67.3 Å². The molecule has 2 rings (SSSR count). The topological polar surface area (TPSA) is 61.4 Å². The van der Waals surface area contributed by atoms with Crippen molar-refractivity contribution in [2.75, 3.05) is 25.0 Å². The number of aryl methyl sites for hydroxylation is 1. The van der Waals surface area contributed by atoms with Crippen molar-refractivity contribution in [1.82, 2.24) is 10.2 Å². The van der Waals surface area contributed by atoms with Crippen molar-refractivity contribution in [2.24, 2.45) is 0 Å². The van der Waals surface area contributed by atoms with E-state index in [0.717, 1.165) is 12.0 Å². The Kier molecular flexibility index (Phi) is 7.43. The van der Waals surface area contributed by atoms with Crippen LogP contribution < -0.4 is 10.6 Å². The Hall–Kier alpha value is -3.08. The monoisotopic (exact) mass is 351 g/mol. The Morgan fingerprint density at radius 3 is 2.58 bits per heavy atom. The molecule has 0 aromatic heterocycles. The minimum atomic E-state index is -0.398. The molecule has 0 aliphatic heterocycles. The van der Waals surface area contributed by atoms with E-state index < -0.39 is 6.03 Å². The second kappa shape index (κ2) is 10.0. The van der Waals surface area contributed by atoms with Gasteiger partial charge in [0.2, 0.25) is 5.91 Å². The van der Waals surface area contributed by atoms with Gasteiger partial charge in [-0.2, -0.15) is 0 Å². The lowest BCUT2D eigenvalue weighted by atomic mass is 10.1. The van der Waals surface area contributed by atoms with E-state index in [1.165, 1.54) is 5.56 Å². The summed E-state index contributed by atoms with van der Waals surface area (Å²) in [4.78, 5) is 26.1. The first-order valence-electron chi connectivity index (χ1n) is 8.62. The molecule has 3 amide bonds. The standard InChI is InChI=1S/C21H25N3O2/c1-3-13-24(14-12-18-9-5-4-6-10-18)20(25)16-22-21(26)23-19-11-7-8-17(2)15-19/h3-11,15H,1,12-14,16H2,2H3,(H2,22,23,26). The average Bonchev–Trinajstić information content (AvgIpc) is 2.64. The molecule has 0 aliphatic rings. The van der Waals surface area contributed by atoms with Gasteiger partial charge in [0.15, 0.2) is 0 Å². The zero-order valence-electron chi connectivity index (χ0n) is 15.1. The number of rotatable bonds is 8. The minimum Gasteiger partial charge on any atom is -0.337 e. The quantitative estimate of drug-likeness (QED) is 0.716. The Balaban J connectivity index is 1.82. The molecule has 0 saturated heterocycles. The highest BCUT2D eigenvalue weighted by atomic mass is 16.2. The number of hydrogen-bond donors (Lipinski definition) is 2. The van der Waals surface area contributed by atoms with Gasteiger partial charge < -0.3 is 15.5 Å². The van der Waals surface area contributed by atoms with Gasteiger partial charge in [0.1, 0.15) is 0 Å². The fourth-order valence-corrected chi connectivity index (χ4v) is 2.55. The summed E-state index contributed by atoms with van der Waals surface area (Å²) in [7, 11) is 0. The number of anilines is 1. The first-order chi connectivity index (χ1) is 12.6. The second-order valence-corrected chi connectivity index (χ2v) is 6.04. The highest BCUT2D eigenvalue weighted by Crippen LogP contribution is 2.09. The molecular formula is C21H25N3O2. The molecule has 0 unspecified atom stereocenters. The number of nitrogens with one attached hydrogen (secondary N) is 2. The Morgan fingerprint density at radius 1 is 1.12 bits per heavy atom. The van der Waals surface area contributed by atoms with E-state index >= 15 is 0 Å². The van der Waals surface area contributed by atoms with Gasteiger partial charge in [-0.15, -0.1) is 6.58 Å². The molecule has 0 bridgehead atoms. The number of urea groups is 1. The predicted molar refractivity (Wildman–Crippen MR) is 105 cm³/mol. The molecule has 0 radical (unpaired) electrons. The van der Waals surface area contributed by atoms with Crippen molar-refractivity contribution in [1.29, 1.82) is 0 Å². The van der Waals surface area contributed by atoms with Gasteiger partial charge >= 0.3 is 6.03 Å². The molecule has 2 aromatic carbocycles. The van der Waals surface area contributed by atoms with Crippen LogP contribution in [0.1, 0.15) is 11.1 Å². The third kappa shape index (κ3) is 6.43. The molecule has 5 nitrogen and oxygen atoms in total. The third-order valence-corrected chi connectivity index (χ3v) is 3.89. The SMILES string of the molecule is C=CCN(CCc1ccccc1)C(=O)CNC(=O)Nc1cccc(C)c1. The maximum Gasteiger partial charge on any atom is 0.319 e. The fourth-order valence-electron chi connectivity index (χ4n) is 2.55. The molecule has 0 fully saturated rings. The van der Waals surface area contributed by atoms with E-state index in [0.29, 0.717) is 18.8 Å². The van der Waals surface area contributed by atoms with Crippen molar-refractivity contribution >= 4 is 17.6 Å². The molecule has 2 N–H and O–H groups in total. The highest BCUT2D eigenvalue weighted by Gasteiger charge is 2.13. The number of carbonyl (C=O) groups is 2. The van der Waals surface area contributed by atoms with Crippen LogP contribution >= 0.6 is 0 Å². The molecule has 2 aromatic rings. The van der Waals surface area contributed by atoms with Crippen LogP contribution in [0, 0.1) is 6.92 Å². The summed E-state index contributed by atoms with van der Waals surface area (Å²) < 4.78 is 0. The van der Waals surface area contributed by atoms with Crippen LogP contribution in [-0.2, 0) is 11.2 Å². The molecule has 26 heavy (non-hydrogen) atoms. The van der Waals surface area contributed by atoms with E-state index in [1.54, 1.807) is 17.0 Å². The van der Waals surface area contributed by atoms with E-state index in [2.05, 4.69) is 17.2 Å². The maximum atomic E-state index is 12.4. The van der Waals surface area contributed by atoms with Gasteiger partial charge in [-0.1, -0.05) is 48.5 Å². The minimum absolute atomic E-state index is 0.0553. The summed E-state index contributed by atoms with van der Waals surface area (Å²) in [6.07, 6.45) is 2.45. The fraction of sp³-hybridized carbons (Fsp3) is 0.238. The van der Waals surface area contributed by atoms with Gasteiger partial charge in [-0.3, -0.25) is 4.79 Å². The number of benzene rings is 2. The average molecular weight is 351 g/mol. The Bertz CT molecular complexity index is 744. The van der Waals surface area contributed by atoms with Crippen molar-refractivity contribution in [3.05, 3.63) is 78.4 Å². The summed E-state index contributed by atoms with van der Waals surface area (Å²) >= 11 is 0. The first-order valence-corrected chi connectivity index (χ1v) is 8.62. The summed E-state index contributed by atoms with van der Waals surface area (Å²) in [6, 6.07) is 17.1. The Morgan fingerprint density at radius 2 is 1.88 bits per heavy atom. The van der Waals surface area contributed by atoms with Crippen molar-refractivity contribution < 1.29 is 9.59 Å². The third-order valence-electron chi connectivity index (χ3n) is 3.89. The zero-order valence-corrected chi connectivity index (χ0v) is 15.1. The van der Waals surface area contributed by atoms with Gasteiger partial charge in [0.05, 0.1) is 6.54 Å².